The van der Waals surface area contributed by atoms with Gasteiger partial charge in [-0.05, 0) is 19.1 Å². The number of nitrogens with one attached hydrogen (secondary N) is 1. The van der Waals surface area contributed by atoms with E-state index in [0.29, 0.717) is 6.54 Å². The van der Waals surface area contributed by atoms with Crippen molar-refractivity contribution in [3.8, 4) is 6.07 Å². The summed E-state index contributed by atoms with van der Waals surface area (Å²) in [6, 6.07) is 5.46. The SMILES string of the molecule is CCN(C)C(=O)Nc1cccc(F)c1C#N. The molecule has 0 bridgehead atoms. The molecular formula is C11H12FN3O. The van der Waals surface area contributed by atoms with Gasteiger partial charge in [-0.2, -0.15) is 5.26 Å². The number of nitrogens with zero attached hydrogens (tertiary/aromatic N) is 2. The highest BCUT2D eigenvalue weighted by atomic mass is 19.1. The molecule has 0 aliphatic heterocycles. The van der Waals surface area contributed by atoms with Crippen molar-refractivity contribution >= 4 is 11.7 Å². The van der Waals surface area contributed by atoms with E-state index < -0.39 is 5.82 Å². The van der Waals surface area contributed by atoms with E-state index in [1.165, 1.54) is 23.1 Å². The molecule has 5 heteroatoms. The fourth-order valence-electron chi connectivity index (χ4n) is 1.10. The number of hydrogen-bond acceptors (Lipinski definition) is 2. The van der Waals surface area contributed by atoms with Crippen molar-refractivity contribution < 1.29 is 9.18 Å². The van der Waals surface area contributed by atoms with Crippen LogP contribution in [-0.2, 0) is 0 Å². The number of rotatable bonds is 2. The molecule has 1 N–H and O–H groups in total. The van der Waals surface area contributed by atoms with E-state index in [2.05, 4.69) is 5.32 Å². The number of amides is 2. The van der Waals surface area contributed by atoms with Crippen LogP contribution in [0, 0.1) is 17.1 Å². The third-order valence-electron chi connectivity index (χ3n) is 2.19. The van der Waals surface area contributed by atoms with Crippen molar-refractivity contribution in [3.05, 3.63) is 29.6 Å². The number of nitriles is 1. The molecule has 16 heavy (non-hydrogen) atoms. The monoisotopic (exact) mass is 221 g/mol. The number of anilines is 1. The first kappa shape index (κ1) is 12.0. The lowest BCUT2D eigenvalue weighted by molar-refractivity contribution is 0.224. The molecule has 0 spiro atoms. The molecule has 4 nitrogen and oxygen atoms in total. The molecule has 0 unspecified atom stereocenters. The summed E-state index contributed by atoms with van der Waals surface area (Å²) in [5.74, 6) is -0.639. The second-order valence-electron chi connectivity index (χ2n) is 3.22. The minimum absolute atomic E-state index is 0.152. The van der Waals surface area contributed by atoms with Gasteiger partial charge in [-0.3, -0.25) is 0 Å². The zero-order chi connectivity index (χ0) is 12.1. The Bertz CT molecular complexity index is 439. The lowest BCUT2D eigenvalue weighted by Gasteiger charge is -2.16. The molecule has 0 radical (unpaired) electrons. The fourth-order valence-corrected chi connectivity index (χ4v) is 1.10. The Morgan fingerprint density at radius 3 is 2.88 bits per heavy atom. The Morgan fingerprint density at radius 2 is 2.31 bits per heavy atom. The van der Waals surface area contributed by atoms with Crippen LogP contribution in [0.15, 0.2) is 18.2 Å². The fraction of sp³-hybridized carbons (Fsp3) is 0.273. The van der Waals surface area contributed by atoms with E-state index >= 15 is 0 Å². The summed E-state index contributed by atoms with van der Waals surface area (Å²) in [5.41, 5.74) is 0.0353. The molecule has 2 amide bonds. The maximum atomic E-state index is 13.2. The van der Waals surface area contributed by atoms with Crippen LogP contribution in [0.3, 0.4) is 0 Å². The van der Waals surface area contributed by atoms with Crippen molar-refractivity contribution in [1.29, 1.82) is 5.26 Å². The van der Waals surface area contributed by atoms with E-state index in [-0.39, 0.29) is 17.3 Å². The van der Waals surface area contributed by atoms with Crippen LogP contribution in [0.1, 0.15) is 12.5 Å². The average molecular weight is 221 g/mol. The van der Waals surface area contributed by atoms with Crippen LogP contribution >= 0.6 is 0 Å². The summed E-state index contributed by atoms with van der Waals surface area (Å²) in [7, 11) is 1.61. The van der Waals surface area contributed by atoms with Gasteiger partial charge >= 0.3 is 6.03 Å². The van der Waals surface area contributed by atoms with Crippen molar-refractivity contribution in [1.82, 2.24) is 4.90 Å². The van der Waals surface area contributed by atoms with Gasteiger partial charge < -0.3 is 10.2 Å². The lowest BCUT2D eigenvalue weighted by atomic mass is 10.2. The van der Waals surface area contributed by atoms with Gasteiger partial charge in [0.2, 0.25) is 0 Å². The van der Waals surface area contributed by atoms with E-state index in [4.69, 9.17) is 5.26 Å². The van der Waals surface area contributed by atoms with Gasteiger partial charge in [0.05, 0.1) is 5.69 Å². The number of hydrogen-bond donors (Lipinski definition) is 1. The van der Waals surface area contributed by atoms with E-state index in [0.717, 1.165) is 0 Å². The average Bonchev–Trinajstić information content (AvgIpc) is 2.28. The second-order valence-corrected chi connectivity index (χ2v) is 3.22. The van der Waals surface area contributed by atoms with Gasteiger partial charge in [0, 0.05) is 13.6 Å². The molecule has 1 rings (SSSR count). The summed E-state index contributed by atoms with van der Waals surface area (Å²) < 4.78 is 13.2. The first-order valence-electron chi connectivity index (χ1n) is 4.80. The van der Waals surface area contributed by atoms with Crippen LogP contribution in [0.2, 0.25) is 0 Å². The predicted molar refractivity (Wildman–Crippen MR) is 58.4 cm³/mol. The van der Waals surface area contributed by atoms with E-state index in [1.54, 1.807) is 13.1 Å². The van der Waals surface area contributed by atoms with Crippen molar-refractivity contribution in [2.45, 2.75) is 6.92 Å². The minimum atomic E-state index is -0.639. The number of halogens is 1. The Morgan fingerprint density at radius 1 is 1.62 bits per heavy atom. The summed E-state index contributed by atoms with van der Waals surface area (Å²) in [4.78, 5) is 12.9. The molecule has 0 aliphatic carbocycles. The van der Waals surface area contributed by atoms with Crippen LogP contribution < -0.4 is 5.32 Å². The summed E-state index contributed by atoms with van der Waals surface area (Å²) in [5, 5.41) is 11.2. The topological polar surface area (TPSA) is 56.1 Å². The zero-order valence-corrected chi connectivity index (χ0v) is 9.12. The molecule has 0 atom stereocenters. The highest BCUT2D eigenvalue weighted by Crippen LogP contribution is 2.17. The van der Waals surface area contributed by atoms with Crippen LogP contribution in [0.5, 0.6) is 0 Å². The van der Waals surface area contributed by atoms with Crippen molar-refractivity contribution in [2.75, 3.05) is 18.9 Å². The summed E-state index contributed by atoms with van der Waals surface area (Å²) >= 11 is 0. The largest absolute Gasteiger partial charge is 0.328 e. The predicted octanol–water partition coefficient (Wildman–Crippen LogP) is 2.18. The van der Waals surface area contributed by atoms with Crippen molar-refractivity contribution in [3.63, 3.8) is 0 Å². The van der Waals surface area contributed by atoms with Gasteiger partial charge in [-0.1, -0.05) is 6.07 Å². The van der Waals surface area contributed by atoms with Gasteiger partial charge in [-0.15, -0.1) is 0 Å². The number of carbonyl (C=O) groups excluding carboxylic acids is 1. The molecular weight excluding hydrogens is 209 g/mol. The number of urea groups is 1. The normalized spacial score (nSPS) is 9.38. The quantitative estimate of drug-likeness (QED) is 0.832. The third-order valence-corrected chi connectivity index (χ3v) is 2.19. The summed E-state index contributed by atoms with van der Waals surface area (Å²) in [6.45, 7) is 2.35. The highest BCUT2D eigenvalue weighted by molar-refractivity contribution is 5.90. The first-order valence-corrected chi connectivity index (χ1v) is 4.80. The maximum absolute atomic E-state index is 13.2. The minimum Gasteiger partial charge on any atom is -0.328 e. The molecule has 84 valence electrons. The first-order chi connectivity index (χ1) is 7.60. The molecule has 1 aromatic rings. The molecule has 1 aromatic carbocycles. The van der Waals surface area contributed by atoms with Crippen LogP contribution in [-0.4, -0.2) is 24.5 Å². The third kappa shape index (κ3) is 2.48. The van der Waals surface area contributed by atoms with Crippen LogP contribution in [0.4, 0.5) is 14.9 Å². The number of carbonyl (C=O) groups is 1. The molecule has 0 saturated heterocycles. The van der Waals surface area contributed by atoms with Crippen molar-refractivity contribution in [2.24, 2.45) is 0 Å². The molecule has 0 heterocycles. The second kappa shape index (κ2) is 5.12. The smallest absolute Gasteiger partial charge is 0.321 e. The number of benzene rings is 1. The van der Waals surface area contributed by atoms with E-state index in [9.17, 15) is 9.18 Å². The molecule has 0 saturated carbocycles. The Kier molecular flexibility index (Phi) is 3.84. The standard InChI is InChI=1S/C11H12FN3O/c1-3-15(2)11(16)14-10-6-4-5-9(12)8(10)7-13/h4-6H,3H2,1-2H3,(H,14,16). The van der Waals surface area contributed by atoms with Crippen LogP contribution in [0.25, 0.3) is 0 Å². The van der Waals surface area contributed by atoms with E-state index in [1.807, 2.05) is 6.92 Å². The van der Waals surface area contributed by atoms with Gasteiger partial charge in [0.1, 0.15) is 17.4 Å². The highest BCUT2D eigenvalue weighted by Gasteiger charge is 2.12. The Hall–Kier alpha value is -2.09. The lowest BCUT2D eigenvalue weighted by Crippen LogP contribution is -2.31. The molecule has 0 aliphatic rings. The van der Waals surface area contributed by atoms with Gasteiger partial charge in [-0.25, -0.2) is 9.18 Å². The van der Waals surface area contributed by atoms with Gasteiger partial charge in [0.25, 0.3) is 0 Å². The molecule has 0 aromatic heterocycles. The zero-order valence-electron chi connectivity index (χ0n) is 9.12. The maximum Gasteiger partial charge on any atom is 0.321 e. The Balaban J connectivity index is 2.94. The molecule has 0 fully saturated rings. The Labute approximate surface area is 93.3 Å². The van der Waals surface area contributed by atoms with Gasteiger partial charge in [0.15, 0.2) is 0 Å². The summed E-state index contributed by atoms with van der Waals surface area (Å²) in [6.07, 6.45) is 0.